The van der Waals surface area contributed by atoms with E-state index >= 15 is 0 Å². The van der Waals surface area contributed by atoms with Gasteiger partial charge in [-0.1, -0.05) is 12.1 Å². The molecule has 9 nitrogen and oxygen atoms in total. The van der Waals surface area contributed by atoms with Crippen molar-refractivity contribution in [1.82, 2.24) is 29.6 Å². The molecule has 1 saturated heterocycles. The van der Waals surface area contributed by atoms with Gasteiger partial charge in [0, 0.05) is 17.7 Å². The van der Waals surface area contributed by atoms with Gasteiger partial charge in [-0.15, -0.1) is 0 Å². The molecular formula is C23H29N8OP. The third kappa shape index (κ3) is 4.65. The first-order valence-corrected chi connectivity index (χ1v) is 13.7. The van der Waals surface area contributed by atoms with E-state index in [-0.39, 0.29) is 0 Å². The summed E-state index contributed by atoms with van der Waals surface area (Å²) in [4.78, 5) is 14.9. The average molecular weight is 465 g/mol. The Morgan fingerprint density at radius 1 is 1.09 bits per heavy atom. The lowest BCUT2D eigenvalue weighted by molar-refractivity contribution is 0.212. The maximum atomic E-state index is 12.8. The summed E-state index contributed by atoms with van der Waals surface area (Å²) < 4.78 is 14.8. The Labute approximate surface area is 193 Å². The van der Waals surface area contributed by atoms with Gasteiger partial charge in [-0.3, -0.25) is 4.68 Å². The number of fused-ring (bicyclic) bond motifs is 1. The topological polar surface area (TPSA) is 104 Å². The number of nitrogens with zero attached hydrogens (tertiary/aromatic N) is 5. The second-order valence-electron chi connectivity index (χ2n) is 9.00. The molecule has 1 aromatic carbocycles. The zero-order valence-electron chi connectivity index (χ0n) is 19.1. The van der Waals surface area contributed by atoms with Crippen molar-refractivity contribution in [3.63, 3.8) is 0 Å². The maximum Gasteiger partial charge on any atom is 0.229 e. The van der Waals surface area contributed by atoms with E-state index in [9.17, 15) is 4.57 Å². The van der Waals surface area contributed by atoms with Gasteiger partial charge in [-0.05, 0) is 64.5 Å². The number of aromatic amines is 1. The van der Waals surface area contributed by atoms with Gasteiger partial charge in [-0.25, -0.2) is 4.98 Å². The maximum absolute atomic E-state index is 12.8. The van der Waals surface area contributed by atoms with E-state index < -0.39 is 7.14 Å². The molecule has 1 fully saturated rings. The van der Waals surface area contributed by atoms with Gasteiger partial charge in [-0.2, -0.15) is 10.1 Å². The fraction of sp³-hybridized carbons (Fsp3) is 0.348. The third-order valence-corrected chi connectivity index (χ3v) is 7.61. The zero-order valence-corrected chi connectivity index (χ0v) is 20.0. The number of para-hydroxylation sites is 1. The highest BCUT2D eigenvalue weighted by Crippen LogP contribution is 2.38. The number of piperidine rings is 1. The number of rotatable bonds is 6. The van der Waals surface area contributed by atoms with Gasteiger partial charge >= 0.3 is 0 Å². The summed E-state index contributed by atoms with van der Waals surface area (Å²) in [5, 5.41) is 12.0. The van der Waals surface area contributed by atoms with Crippen molar-refractivity contribution in [3.8, 4) is 0 Å². The fourth-order valence-electron chi connectivity index (χ4n) is 4.26. The molecule has 0 unspecified atom stereocenters. The Morgan fingerprint density at radius 2 is 1.88 bits per heavy atom. The van der Waals surface area contributed by atoms with Crippen LogP contribution < -0.4 is 15.9 Å². The Balaban J connectivity index is 1.42. The van der Waals surface area contributed by atoms with Crippen molar-refractivity contribution in [2.24, 2.45) is 0 Å². The largest absolute Gasteiger partial charge is 0.357 e. The van der Waals surface area contributed by atoms with Gasteiger partial charge in [0.1, 0.15) is 12.7 Å². The summed E-state index contributed by atoms with van der Waals surface area (Å²) in [6, 6.07) is 9.96. The molecule has 0 atom stereocenters. The minimum atomic E-state index is -2.47. The molecular weight excluding hydrogens is 435 g/mol. The molecule has 33 heavy (non-hydrogen) atoms. The van der Waals surface area contributed by atoms with Crippen molar-refractivity contribution in [1.29, 1.82) is 0 Å². The monoisotopic (exact) mass is 464 g/mol. The Hall–Kier alpha value is -3.16. The van der Waals surface area contributed by atoms with Crippen LogP contribution in [0.2, 0.25) is 0 Å². The molecule has 0 radical (unpaired) electrons. The summed E-state index contributed by atoms with van der Waals surface area (Å²) >= 11 is 0. The normalized spacial score (nSPS) is 15.7. The van der Waals surface area contributed by atoms with Gasteiger partial charge in [0.2, 0.25) is 5.95 Å². The summed E-state index contributed by atoms with van der Waals surface area (Å²) in [6.07, 6.45) is 7.86. The molecule has 0 spiro atoms. The first-order chi connectivity index (χ1) is 15.9. The van der Waals surface area contributed by atoms with Crippen molar-refractivity contribution < 1.29 is 4.57 Å². The van der Waals surface area contributed by atoms with Gasteiger partial charge < -0.3 is 25.1 Å². The predicted octanol–water partition coefficient (Wildman–Crippen LogP) is 4.16. The molecule has 4 heterocycles. The molecule has 3 aromatic heterocycles. The Morgan fingerprint density at radius 3 is 2.67 bits per heavy atom. The van der Waals surface area contributed by atoms with Crippen LogP contribution in [0.3, 0.4) is 0 Å². The molecule has 0 aliphatic carbocycles. The van der Waals surface area contributed by atoms with Crippen LogP contribution in [0.1, 0.15) is 18.9 Å². The predicted molar refractivity (Wildman–Crippen MR) is 134 cm³/mol. The van der Waals surface area contributed by atoms with E-state index in [1.807, 2.05) is 53.6 Å². The van der Waals surface area contributed by atoms with Crippen LogP contribution in [0.4, 0.5) is 23.1 Å². The number of nitrogens with one attached hydrogen (secondary N) is 3. The van der Waals surface area contributed by atoms with Gasteiger partial charge in [0.15, 0.2) is 5.82 Å². The van der Waals surface area contributed by atoms with Crippen LogP contribution >= 0.6 is 7.14 Å². The smallest absolute Gasteiger partial charge is 0.229 e. The zero-order chi connectivity index (χ0) is 23.0. The highest BCUT2D eigenvalue weighted by atomic mass is 31.2. The van der Waals surface area contributed by atoms with Crippen LogP contribution in [0.15, 0.2) is 48.9 Å². The van der Waals surface area contributed by atoms with Gasteiger partial charge in [0.05, 0.1) is 29.1 Å². The lowest BCUT2D eigenvalue weighted by atomic mass is 10.1. The van der Waals surface area contributed by atoms with Crippen LogP contribution in [0, 0.1) is 0 Å². The minimum Gasteiger partial charge on any atom is -0.357 e. The third-order valence-electron chi connectivity index (χ3n) is 6.06. The second kappa shape index (κ2) is 8.65. The van der Waals surface area contributed by atoms with E-state index in [2.05, 4.69) is 37.6 Å². The van der Waals surface area contributed by atoms with Crippen molar-refractivity contribution in [2.45, 2.75) is 18.9 Å². The molecule has 10 heteroatoms. The van der Waals surface area contributed by atoms with E-state index in [1.54, 1.807) is 13.3 Å². The second-order valence-corrected chi connectivity index (χ2v) is 12.2. The average Bonchev–Trinajstić information content (AvgIpc) is 3.44. The standard InChI is InChI=1S/C23H29N8OP/c1-30-12-9-17(10-13-30)31-15-16(14-25-31)26-23-28-19-8-11-24-21(19)22(29-23)27-18-6-4-5-7-20(18)33(2,3)32/h4-8,11,14-15,17,24H,9-10,12-13H2,1-3H3,(H2,26,27,28,29). The molecule has 4 aromatic rings. The number of likely N-dealkylation sites (tertiary alicyclic amines) is 1. The quantitative estimate of drug-likeness (QED) is 0.368. The molecule has 5 rings (SSSR count). The number of benzene rings is 1. The summed E-state index contributed by atoms with van der Waals surface area (Å²) in [7, 11) is -0.308. The van der Waals surface area contributed by atoms with Crippen molar-refractivity contribution >= 4 is 46.6 Å². The molecule has 0 saturated carbocycles. The fourth-order valence-corrected chi connectivity index (χ4v) is 5.41. The molecule has 3 N–H and O–H groups in total. The molecule has 0 bridgehead atoms. The van der Waals surface area contributed by atoms with Crippen LogP contribution in [-0.2, 0) is 4.57 Å². The molecule has 172 valence electrons. The lowest BCUT2D eigenvalue weighted by Crippen LogP contribution is -2.31. The van der Waals surface area contributed by atoms with Crippen molar-refractivity contribution in [3.05, 3.63) is 48.9 Å². The highest BCUT2D eigenvalue weighted by molar-refractivity contribution is 7.70. The molecule has 1 aliphatic heterocycles. The number of anilines is 4. The van der Waals surface area contributed by atoms with Crippen LogP contribution in [0.25, 0.3) is 11.0 Å². The van der Waals surface area contributed by atoms with Crippen LogP contribution in [-0.4, -0.2) is 63.1 Å². The summed E-state index contributed by atoms with van der Waals surface area (Å²) in [5.41, 5.74) is 3.20. The molecule has 1 aliphatic rings. The summed E-state index contributed by atoms with van der Waals surface area (Å²) in [6.45, 7) is 5.71. The lowest BCUT2D eigenvalue weighted by Gasteiger charge is -2.28. The van der Waals surface area contributed by atoms with Crippen LogP contribution in [0.5, 0.6) is 0 Å². The number of aromatic nitrogens is 5. The van der Waals surface area contributed by atoms with E-state index in [1.165, 1.54) is 0 Å². The van der Waals surface area contributed by atoms with Gasteiger partial charge in [0.25, 0.3) is 0 Å². The first-order valence-electron chi connectivity index (χ1n) is 11.1. The van der Waals surface area contributed by atoms with E-state index in [0.717, 1.165) is 53.6 Å². The number of hydrogen-bond donors (Lipinski definition) is 3. The summed E-state index contributed by atoms with van der Waals surface area (Å²) in [5.74, 6) is 1.09. The first kappa shape index (κ1) is 21.7. The van der Waals surface area contributed by atoms with E-state index in [0.29, 0.717) is 17.8 Å². The Kier molecular flexibility index (Phi) is 5.68. The minimum absolute atomic E-state index is 0.414. The highest BCUT2D eigenvalue weighted by Gasteiger charge is 2.20. The Bertz CT molecular complexity index is 1320. The van der Waals surface area contributed by atoms with Crippen molar-refractivity contribution in [2.75, 3.05) is 44.1 Å². The number of hydrogen-bond acceptors (Lipinski definition) is 7. The van der Waals surface area contributed by atoms with E-state index in [4.69, 9.17) is 4.98 Å². The SMILES string of the molecule is CN1CCC(n2cc(Nc3nc(Nc4ccccc4P(C)(C)=O)c4[nH]ccc4n3)cn2)CC1. The molecule has 0 amide bonds. The number of H-pyrrole nitrogens is 1.